The fourth-order valence-corrected chi connectivity index (χ4v) is 4.79. The highest BCUT2D eigenvalue weighted by Gasteiger charge is 2.30. The van der Waals surface area contributed by atoms with Gasteiger partial charge in [-0.1, -0.05) is 17.7 Å². The number of aryl methyl sites for hydroxylation is 1. The van der Waals surface area contributed by atoms with Crippen LogP contribution in [0.3, 0.4) is 0 Å². The van der Waals surface area contributed by atoms with Crippen molar-refractivity contribution in [3.05, 3.63) is 40.4 Å². The van der Waals surface area contributed by atoms with Gasteiger partial charge in [0.1, 0.15) is 5.75 Å². The van der Waals surface area contributed by atoms with Gasteiger partial charge >= 0.3 is 0 Å². The number of nitrogens with zero attached hydrogens (tertiary/aromatic N) is 3. The molecule has 0 unspecified atom stereocenters. The summed E-state index contributed by atoms with van der Waals surface area (Å²) in [7, 11) is -0.438. The van der Waals surface area contributed by atoms with Crippen molar-refractivity contribution in [2.75, 3.05) is 32.6 Å². The molecule has 0 saturated carbocycles. The van der Waals surface area contributed by atoms with Crippen LogP contribution >= 0.6 is 11.3 Å². The molecule has 0 fully saturated rings. The van der Waals surface area contributed by atoms with Gasteiger partial charge in [0.15, 0.2) is 11.7 Å². The molecule has 1 N–H and O–H groups in total. The fourth-order valence-electron chi connectivity index (χ4n) is 2.59. The normalized spacial score (nSPS) is 14.8. The zero-order chi connectivity index (χ0) is 19.6. The van der Waals surface area contributed by atoms with Gasteiger partial charge in [-0.25, -0.2) is 4.98 Å². The van der Waals surface area contributed by atoms with Crippen LogP contribution in [0, 0.1) is 6.92 Å². The van der Waals surface area contributed by atoms with Gasteiger partial charge in [-0.05, 0) is 19.1 Å². The summed E-state index contributed by atoms with van der Waals surface area (Å²) in [6.45, 7) is 2.50. The molecule has 146 valence electrons. The third-order valence-electron chi connectivity index (χ3n) is 4.12. The van der Waals surface area contributed by atoms with Crippen LogP contribution in [0.5, 0.6) is 5.75 Å². The summed E-state index contributed by atoms with van der Waals surface area (Å²) in [5.41, 5.74) is 1.95. The molecule has 27 heavy (non-hydrogen) atoms. The lowest BCUT2D eigenvalue weighted by atomic mass is 10.2. The van der Waals surface area contributed by atoms with Gasteiger partial charge in [-0.2, -0.15) is 17.0 Å². The summed E-state index contributed by atoms with van der Waals surface area (Å²) in [6, 6.07) is 7.44. The molecular formula is C17H22N4O4S2. The van der Waals surface area contributed by atoms with Gasteiger partial charge in [0.05, 0.1) is 12.2 Å². The summed E-state index contributed by atoms with van der Waals surface area (Å²) in [5, 5.41) is 3.18. The Morgan fingerprint density at radius 1 is 1.33 bits per heavy atom. The van der Waals surface area contributed by atoms with Crippen LogP contribution in [0.1, 0.15) is 16.1 Å². The first kappa shape index (κ1) is 19.7. The number of hydrogen-bond donors (Lipinski definition) is 1. The first-order chi connectivity index (χ1) is 12.8. The van der Waals surface area contributed by atoms with E-state index in [1.54, 1.807) is 0 Å². The number of carbonyl (C=O) groups is 1. The second-order valence-corrected chi connectivity index (χ2v) is 9.64. The monoisotopic (exact) mass is 410 g/mol. The SMILES string of the molecule is Cc1ccc(OCC(=O)Nc2nc3c(s2)CN(S(=O)(=O)N(C)C)CC3)cc1. The minimum atomic E-state index is -3.46. The molecule has 1 aromatic heterocycles. The van der Waals surface area contributed by atoms with Crippen LogP contribution in [0.4, 0.5) is 5.13 Å². The highest BCUT2D eigenvalue weighted by Crippen LogP contribution is 2.29. The van der Waals surface area contributed by atoms with E-state index in [9.17, 15) is 13.2 Å². The molecule has 0 atom stereocenters. The quantitative estimate of drug-likeness (QED) is 0.782. The van der Waals surface area contributed by atoms with Crippen molar-refractivity contribution >= 4 is 32.6 Å². The summed E-state index contributed by atoms with van der Waals surface area (Å²) < 4.78 is 32.6. The van der Waals surface area contributed by atoms with Gasteiger partial charge in [0, 0.05) is 31.9 Å². The van der Waals surface area contributed by atoms with E-state index in [0.29, 0.717) is 23.8 Å². The van der Waals surface area contributed by atoms with E-state index < -0.39 is 10.2 Å². The van der Waals surface area contributed by atoms with Gasteiger partial charge in [0.2, 0.25) is 0 Å². The van der Waals surface area contributed by atoms with E-state index in [-0.39, 0.29) is 19.1 Å². The summed E-state index contributed by atoms with van der Waals surface area (Å²) in [5.74, 6) is 0.318. The minimum Gasteiger partial charge on any atom is -0.484 e. The van der Waals surface area contributed by atoms with E-state index in [2.05, 4.69) is 10.3 Å². The van der Waals surface area contributed by atoms with Crippen LogP contribution in [-0.2, 0) is 28.0 Å². The van der Waals surface area contributed by atoms with Crippen LogP contribution in [-0.4, -0.2) is 55.2 Å². The number of fused-ring (bicyclic) bond motifs is 1. The fraction of sp³-hybridized carbons (Fsp3) is 0.412. The van der Waals surface area contributed by atoms with Gasteiger partial charge in [0.25, 0.3) is 16.1 Å². The number of benzene rings is 1. The number of rotatable bonds is 6. The van der Waals surface area contributed by atoms with Crippen LogP contribution in [0.25, 0.3) is 0 Å². The number of aromatic nitrogens is 1. The lowest BCUT2D eigenvalue weighted by Gasteiger charge is -2.27. The Balaban J connectivity index is 1.59. The molecular weight excluding hydrogens is 388 g/mol. The smallest absolute Gasteiger partial charge is 0.281 e. The Morgan fingerprint density at radius 2 is 2.04 bits per heavy atom. The molecule has 1 aliphatic rings. The number of carbonyl (C=O) groups excluding carboxylic acids is 1. The Kier molecular flexibility index (Phi) is 5.80. The lowest BCUT2D eigenvalue weighted by molar-refractivity contribution is -0.118. The standard InChI is InChI=1S/C17H22N4O4S2/c1-12-4-6-13(7-5-12)25-11-16(22)19-17-18-14-8-9-21(10-15(14)26-17)27(23,24)20(2)3/h4-7H,8-11H2,1-3H3,(H,18,19,22). The molecule has 0 spiro atoms. The molecule has 2 aromatic rings. The van der Waals surface area contributed by atoms with Crippen molar-refractivity contribution in [1.29, 1.82) is 0 Å². The average Bonchev–Trinajstić information content (AvgIpc) is 3.02. The molecule has 1 aliphatic heterocycles. The van der Waals surface area contributed by atoms with Gasteiger partial charge < -0.3 is 4.74 Å². The second-order valence-electron chi connectivity index (χ2n) is 6.41. The topological polar surface area (TPSA) is 91.8 Å². The molecule has 2 heterocycles. The molecule has 1 amide bonds. The number of thiazole rings is 1. The summed E-state index contributed by atoms with van der Waals surface area (Å²) >= 11 is 1.30. The second kappa shape index (κ2) is 7.93. The highest BCUT2D eigenvalue weighted by molar-refractivity contribution is 7.86. The zero-order valence-electron chi connectivity index (χ0n) is 15.4. The van der Waals surface area contributed by atoms with Crippen molar-refractivity contribution in [3.8, 4) is 5.75 Å². The zero-order valence-corrected chi connectivity index (χ0v) is 17.1. The van der Waals surface area contributed by atoms with E-state index in [1.807, 2.05) is 31.2 Å². The highest BCUT2D eigenvalue weighted by atomic mass is 32.2. The summed E-state index contributed by atoms with van der Waals surface area (Å²) in [6.07, 6.45) is 0.522. The first-order valence-electron chi connectivity index (χ1n) is 8.41. The molecule has 0 saturated heterocycles. The number of amides is 1. The van der Waals surface area contributed by atoms with Crippen molar-refractivity contribution in [3.63, 3.8) is 0 Å². The maximum Gasteiger partial charge on any atom is 0.281 e. The Bertz CT molecular complexity index is 923. The van der Waals surface area contributed by atoms with Crippen LogP contribution in [0.15, 0.2) is 24.3 Å². The number of nitrogens with one attached hydrogen (secondary N) is 1. The number of anilines is 1. The van der Waals surface area contributed by atoms with Crippen molar-refractivity contribution < 1.29 is 17.9 Å². The predicted molar refractivity (Wildman–Crippen MR) is 104 cm³/mol. The third-order valence-corrected chi connectivity index (χ3v) is 7.01. The maximum atomic E-state index is 12.3. The Hall–Kier alpha value is -2.01. The first-order valence-corrected chi connectivity index (χ1v) is 10.6. The van der Waals surface area contributed by atoms with Gasteiger partial charge in [-0.15, -0.1) is 11.3 Å². The number of ether oxygens (including phenoxy) is 1. The minimum absolute atomic E-state index is 0.117. The van der Waals surface area contributed by atoms with E-state index in [0.717, 1.165) is 16.1 Å². The predicted octanol–water partition coefficient (Wildman–Crippen LogP) is 1.63. The molecule has 0 aliphatic carbocycles. The molecule has 10 heteroatoms. The van der Waals surface area contributed by atoms with E-state index >= 15 is 0 Å². The van der Waals surface area contributed by atoms with E-state index in [1.165, 1.54) is 34.0 Å². The van der Waals surface area contributed by atoms with Crippen LogP contribution < -0.4 is 10.1 Å². The summed E-state index contributed by atoms with van der Waals surface area (Å²) in [4.78, 5) is 17.4. The van der Waals surface area contributed by atoms with Crippen molar-refractivity contribution in [2.24, 2.45) is 0 Å². The van der Waals surface area contributed by atoms with E-state index in [4.69, 9.17) is 4.74 Å². The largest absolute Gasteiger partial charge is 0.484 e. The molecule has 3 rings (SSSR count). The average molecular weight is 411 g/mol. The molecule has 8 nitrogen and oxygen atoms in total. The third kappa shape index (κ3) is 4.64. The number of hydrogen-bond acceptors (Lipinski definition) is 6. The van der Waals surface area contributed by atoms with Gasteiger partial charge in [-0.3, -0.25) is 10.1 Å². The molecule has 0 bridgehead atoms. The van der Waals surface area contributed by atoms with Crippen molar-refractivity contribution in [1.82, 2.24) is 13.6 Å². The molecule has 1 aromatic carbocycles. The van der Waals surface area contributed by atoms with Crippen LogP contribution in [0.2, 0.25) is 0 Å². The van der Waals surface area contributed by atoms with Crippen molar-refractivity contribution in [2.45, 2.75) is 19.9 Å². The lowest BCUT2D eigenvalue weighted by Crippen LogP contribution is -2.42. The maximum absolute atomic E-state index is 12.3. The molecule has 0 radical (unpaired) electrons. The Morgan fingerprint density at radius 3 is 2.70 bits per heavy atom. The Labute approximate surface area is 163 Å².